The summed E-state index contributed by atoms with van der Waals surface area (Å²) in [5, 5.41) is 0. The highest BCUT2D eigenvalue weighted by Gasteiger charge is 2.18. The van der Waals surface area contributed by atoms with Gasteiger partial charge in [0, 0.05) is 18.4 Å². The van der Waals surface area contributed by atoms with E-state index >= 15 is 0 Å². The molecule has 0 saturated heterocycles. The third kappa shape index (κ3) is 1.72. The minimum Gasteiger partial charge on any atom is -0.457 e. The second kappa shape index (κ2) is 4.06. The number of hydrogen-bond acceptors (Lipinski definition) is 2. The Hall–Kier alpha value is -2.09. The quantitative estimate of drug-likeness (QED) is 0.667. The predicted octanol–water partition coefficient (Wildman–Crippen LogP) is 3.04. The van der Waals surface area contributed by atoms with Gasteiger partial charge in [0.2, 0.25) is 6.29 Å². The van der Waals surface area contributed by atoms with Crippen molar-refractivity contribution < 1.29 is 9.53 Å². The van der Waals surface area contributed by atoms with Crippen LogP contribution in [0, 0.1) is 0 Å². The first-order valence-corrected chi connectivity index (χ1v) is 5.60. The lowest BCUT2D eigenvalue weighted by Gasteiger charge is -2.21. The molecule has 83 valence electrons. The smallest absolute Gasteiger partial charge is 0.203 e. The van der Waals surface area contributed by atoms with Gasteiger partial charge in [-0.05, 0) is 23.3 Å². The molecule has 2 aromatic rings. The van der Waals surface area contributed by atoms with Crippen LogP contribution in [0.2, 0.25) is 0 Å². The molecule has 2 nitrogen and oxygen atoms in total. The van der Waals surface area contributed by atoms with Crippen LogP contribution in [0.3, 0.4) is 0 Å². The number of ether oxygens (including phenoxy) is 1. The molecule has 0 N–H and O–H groups in total. The highest BCUT2D eigenvalue weighted by atomic mass is 16.5. The van der Waals surface area contributed by atoms with Gasteiger partial charge in [0.25, 0.3) is 0 Å². The van der Waals surface area contributed by atoms with E-state index in [1.165, 1.54) is 5.56 Å². The van der Waals surface area contributed by atoms with E-state index in [-0.39, 0.29) is 0 Å². The summed E-state index contributed by atoms with van der Waals surface area (Å²) in [6.07, 6.45) is 3.10. The minimum atomic E-state index is 0.328. The van der Waals surface area contributed by atoms with Gasteiger partial charge in [-0.3, -0.25) is 4.79 Å². The molecule has 0 spiro atoms. The highest BCUT2D eigenvalue weighted by Crippen LogP contribution is 2.37. The maximum Gasteiger partial charge on any atom is 0.203 e. The highest BCUT2D eigenvalue weighted by molar-refractivity contribution is 5.61. The standard InChI is InChI=1S/C15H11O2/c16-9-8-11-5-3-7-15-13(11)10-12-4-1-2-6-14(12)17-15/h1-7H,8,10H2. The van der Waals surface area contributed by atoms with Crippen molar-refractivity contribution in [1.82, 2.24) is 0 Å². The van der Waals surface area contributed by atoms with Crippen LogP contribution in [0.1, 0.15) is 16.7 Å². The van der Waals surface area contributed by atoms with E-state index in [2.05, 4.69) is 6.07 Å². The Morgan fingerprint density at radius 1 is 1.06 bits per heavy atom. The van der Waals surface area contributed by atoms with Crippen LogP contribution in [0.5, 0.6) is 11.5 Å². The van der Waals surface area contributed by atoms with E-state index in [9.17, 15) is 4.79 Å². The van der Waals surface area contributed by atoms with E-state index in [1.54, 1.807) is 0 Å². The Morgan fingerprint density at radius 3 is 2.76 bits per heavy atom. The molecule has 0 unspecified atom stereocenters. The van der Waals surface area contributed by atoms with E-state index in [0.717, 1.165) is 29.0 Å². The van der Waals surface area contributed by atoms with E-state index in [0.29, 0.717) is 6.42 Å². The molecule has 0 amide bonds. The van der Waals surface area contributed by atoms with Crippen molar-refractivity contribution in [3.63, 3.8) is 0 Å². The van der Waals surface area contributed by atoms with Gasteiger partial charge in [-0.1, -0.05) is 30.3 Å². The van der Waals surface area contributed by atoms with Gasteiger partial charge in [0.15, 0.2) is 0 Å². The average Bonchev–Trinajstić information content (AvgIpc) is 2.37. The first-order valence-electron chi connectivity index (χ1n) is 5.60. The van der Waals surface area contributed by atoms with Crippen molar-refractivity contribution >= 4 is 6.29 Å². The van der Waals surface area contributed by atoms with E-state index in [4.69, 9.17) is 4.74 Å². The van der Waals surface area contributed by atoms with Crippen molar-refractivity contribution in [1.29, 1.82) is 0 Å². The molecule has 2 heteroatoms. The number of para-hydroxylation sites is 1. The molecule has 1 radical (unpaired) electrons. The molecule has 17 heavy (non-hydrogen) atoms. The van der Waals surface area contributed by atoms with Crippen LogP contribution in [0.4, 0.5) is 0 Å². The van der Waals surface area contributed by atoms with Crippen LogP contribution in [-0.2, 0) is 17.6 Å². The zero-order valence-corrected chi connectivity index (χ0v) is 9.27. The number of fused-ring (bicyclic) bond motifs is 2. The zero-order valence-electron chi connectivity index (χ0n) is 9.27. The molecule has 1 aliphatic rings. The summed E-state index contributed by atoms with van der Waals surface area (Å²) < 4.78 is 5.83. The molecule has 1 aliphatic heterocycles. The normalized spacial score (nSPS) is 12.2. The van der Waals surface area contributed by atoms with Gasteiger partial charge < -0.3 is 4.74 Å². The molecule has 0 aliphatic carbocycles. The summed E-state index contributed by atoms with van der Waals surface area (Å²) in [5.41, 5.74) is 3.28. The first-order chi connectivity index (χ1) is 8.38. The van der Waals surface area contributed by atoms with Crippen molar-refractivity contribution in [2.45, 2.75) is 12.8 Å². The van der Waals surface area contributed by atoms with Gasteiger partial charge in [-0.15, -0.1) is 0 Å². The number of hydrogen-bond donors (Lipinski definition) is 0. The van der Waals surface area contributed by atoms with Crippen molar-refractivity contribution in [3.8, 4) is 11.5 Å². The summed E-state index contributed by atoms with van der Waals surface area (Å²) in [7, 11) is 0. The number of benzene rings is 2. The van der Waals surface area contributed by atoms with E-state index < -0.39 is 0 Å². The maximum atomic E-state index is 10.5. The molecule has 0 bridgehead atoms. The minimum absolute atomic E-state index is 0.328. The Labute approximate surface area is 99.9 Å². The van der Waals surface area contributed by atoms with Crippen LogP contribution < -0.4 is 4.74 Å². The largest absolute Gasteiger partial charge is 0.457 e. The van der Waals surface area contributed by atoms with Gasteiger partial charge in [-0.2, -0.15) is 0 Å². The fourth-order valence-electron chi connectivity index (χ4n) is 2.21. The molecule has 3 rings (SSSR count). The molecule has 0 atom stereocenters. The SMILES string of the molecule is O=[C]Cc1cccc2c1Cc1ccccc1O2. The van der Waals surface area contributed by atoms with Crippen molar-refractivity contribution in [2.24, 2.45) is 0 Å². The molecule has 0 fully saturated rings. The van der Waals surface area contributed by atoms with Gasteiger partial charge in [0.1, 0.15) is 11.5 Å². The summed E-state index contributed by atoms with van der Waals surface area (Å²) in [6, 6.07) is 13.8. The van der Waals surface area contributed by atoms with Crippen LogP contribution in [0.15, 0.2) is 42.5 Å². The van der Waals surface area contributed by atoms with Crippen molar-refractivity contribution in [3.05, 3.63) is 59.2 Å². The third-order valence-corrected chi connectivity index (χ3v) is 3.05. The lowest BCUT2D eigenvalue weighted by Crippen LogP contribution is -2.06. The zero-order chi connectivity index (χ0) is 11.7. The van der Waals surface area contributed by atoms with Crippen LogP contribution in [0.25, 0.3) is 0 Å². The topological polar surface area (TPSA) is 26.3 Å². The lowest BCUT2D eigenvalue weighted by molar-refractivity contribution is 0.459. The lowest BCUT2D eigenvalue weighted by atomic mass is 9.95. The Morgan fingerprint density at radius 2 is 1.88 bits per heavy atom. The van der Waals surface area contributed by atoms with Gasteiger partial charge >= 0.3 is 0 Å². The van der Waals surface area contributed by atoms with Gasteiger partial charge in [-0.25, -0.2) is 0 Å². The number of rotatable bonds is 2. The molecule has 0 saturated carbocycles. The van der Waals surface area contributed by atoms with Crippen molar-refractivity contribution in [2.75, 3.05) is 0 Å². The Kier molecular flexibility index (Phi) is 2.41. The maximum absolute atomic E-state index is 10.5. The fourth-order valence-corrected chi connectivity index (χ4v) is 2.21. The fraction of sp³-hybridized carbons (Fsp3) is 0.133. The number of carbonyl (C=O) groups excluding carboxylic acids is 1. The molecule has 1 heterocycles. The molecule has 0 aromatic heterocycles. The second-order valence-electron chi connectivity index (χ2n) is 4.10. The van der Waals surface area contributed by atoms with Crippen LogP contribution in [-0.4, -0.2) is 6.29 Å². The predicted molar refractivity (Wildman–Crippen MR) is 65.2 cm³/mol. The Balaban J connectivity index is 2.08. The monoisotopic (exact) mass is 223 g/mol. The summed E-state index contributed by atoms with van der Waals surface area (Å²) in [4.78, 5) is 10.5. The second-order valence-corrected chi connectivity index (χ2v) is 4.10. The van der Waals surface area contributed by atoms with E-state index in [1.807, 2.05) is 42.7 Å². The molecular formula is C15H11O2. The average molecular weight is 223 g/mol. The molecule has 2 aromatic carbocycles. The first kappa shape index (κ1) is 10.1. The Bertz CT molecular complexity index is 573. The summed E-state index contributed by atoms with van der Waals surface area (Å²) >= 11 is 0. The summed E-state index contributed by atoms with van der Waals surface area (Å²) in [5.74, 6) is 1.77. The third-order valence-electron chi connectivity index (χ3n) is 3.05. The summed E-state index contributed by atoms with van der Waals surface area (Å²) in [6.45, 7) is 0. The van der Waals surface area contributed by atoms with Crippen LogP contribution >= 0.6 is 0 Å². The van der Waals surface area contributed by atoms with Gasteiger partial charge in [0.05, 0.1) is 0 Å². The molecular weight excluding hydrogens is 212 g/mol.